The van der Waals surface area contributed by atoms with Gasteiger partial charge in [0.25, 0.3) is 11.5 Å². The van der Waals surface area contributed by atoms with Crippen molar-refractivity contribution in [1.29, 1.82) is 0 Å². The van der Waals surface area contributed by atoms with Gasteiger partial charge in [0.1, 0.15) is 0 Å². The molecule has 0 saturated heterocycles. The number of aryl methyl sites for hydroxylation is 2. The second-order valence-corrected chi connectivity index (χ2v) is 5.49. The van der Waals surface area contributed by atoms with Crippen LogP contribution in [0.1, 0.15) is 21.5 Å². The topological polar surface area (TPSA) is 76.9 Å². The first-order valence-corrected chi connectivity index (χ1v) is 7.42. The summed E-state index contributed by atoms with van der Waals surface area (Å²) in [7, 11) is 0. The van der Waals surface area contributed by atoms with Crippen LogP contribution in [-0.2, 0) is 0 Å². The van der Waals surface area contributed by atoms with Crippen LogP contribution in [-0.4, -0.2) is 20.4 Å². The van der Waals surface area contributed by atoms with Gasteiger partial charge in [-0.3, -0.25) is 19.1 Å². The van der Waals surface area contributed by atoms with Crippen molar-refractivity contribution < 1.29 is 4.79 Å². The molecule has 1 aromatic carbocycles. The normalized spacial score (nSPS) is 10.4. The van der Waals surface area contributed by atoms with E-state index >= 15 is 0 Å². The lowest BCUT2D eigenvalue weighted by molar-refractivity contribution is 0.102. The monoisotopic (exact) mass is 320 g/mol. The highest BCUT2D eigenvalue weighted by Crippen LogP contribution is 2.12. The predicted octanol–water partition coefficient (Wildman–Crippen LogP) is 2.50. The zero-order valence-electron chi connectivity index (χ0n) is 13.4. The molecule has 1 amide bonds. The first kappa shape index (κ1) is 15.6. The molecule has 0 spiro atoms. The standard InChI is InChI=1S/C18H16N4O2/c1-12-9-13(2)11-15(10-12)22-8-7-20-16(18(22)24)21-17(23)14-3-5-19-6-4-14/h3-11H,1-2H3,(H,20,21,23). The number of anilines is 1. The molecule has 0 unspecified atom stereocenters. The molecule has 24 heavy (non-hydrogen) atoms. The van der Waals surface area contributed by atoms with Crippen LogP contribution in [0.25, 0.3) is 5.69 Å². The molecule has 0 radical (unpaired) electrons. The minimum absolute atomic E-state index is 0.0153. The number of hydrogen-bond acceptors (Lipinski definition) is 4. The molecule has 2 aromatic heterocycles. The Morgan fingerprint density at radius 2 is 1.71 bits per heavy atom. The van der Waals surface area contributed by atoms with E-state index in [0.29, 0.717) is 5.56 Å². The lowest BCUT2D eigenvalue weighted by Crippen LogP contribution is -2.26. The highest BCUT2D eigenvalue weighted by Gasteiger charge is 2.12. The molecule has 0 fully saturated rings. The van der Waals surface area contributed by atoms with E-state index in [0.717, 1.165) is 16.8 Å². The number of carbonyl (C=O) groups excluding carboxylic acids is 1. The Labute approximate surface area is 138 Å². The number of carbonyl (C=O) groups is 1. The Bertz CT molecular complexity index is 928. The summed E-state index contributed by atoms with van der Waals surface area (Å²) < 4.78 is 1.47. The first-order chi connectivity index (χ1) is 11.5. The number of amides is 1. The number of benzene rings is 1. The quantitative estimate of drug-likeness (QED) is 0.804. The van der Waals surface area contributed by atoms with Crippen molar-refractivity contribution in [2.24, 2.45) is 0 Å². The Hall–Kier alpha value is -3.28. The Kier molecular flexibility index (Phi) is 4.20. The maximum absolute atomic E-state index is 12.6. The third-order valence-electron chi connectivity index (χ3n) is 3.50. The van der Waals surface area contributed by atoms with E-state index in [1.165, 1.54) is 23.2 Å². The summed E-state index contributed by atoms with van der Waals surface area (Å²) in [5.74, 6) is -0.418. The summed E-state index contributed by atoms with van der Waals surface area (Å²) in [5, 5.41) is 2.55. The fourth-order valence-corrected chi connectivity index (χ4v) is 2.47. The SMILES string of the molecule is Cc1cc(C)cc(-n2ccnc(NC(=O)c3ccncc3)c2=O)c1. The summed E-state index contributed by atoms with van der Waals surface area (Å²) >= 11 is 0. The van der Waals surface area contributed by atoms with Gasteiger partial charge in [0.05, 0.1) is 0 Å². The van der Waals surface area contributed by atoms with Gasteiger partial charge in [0, 0.05) is 36.0 Å². The molecule has 0 aliphatic carbocycles. The van der Waals surface area contributed by atoms with Crippen LogP contribution in [0, 0.1) is 13.8 Å². The second-order valence-electron chi connectivity index (χ2n) is 5.49. The van der Waals surface area contributed by atoms with Gasteiger partial charge in [0.2, 0.25) is 0 Å². The van der Waals surface area contributed by atoms with E-state index < -0.39 is 5.91 Å². The number of nitrogens with one attached hydrogen (secondary N) is 1. The highest BCUT2D eigenvalue weighted by atomic mass is 16.2. The number of hydrogen-bond donors (Lipinski definition) is 1. The van der Waals surface area contributed by atoms with Gasteiger partial charge in [-0.2, -0.15) is 0 Å². The average molecular weight is 320 g/mol. The van der Waals surface area contributed by atoms with Crippen LogP contribution in [0.2, 0.25) is 0 Å². The molecule has 0 atom stereocenters. The third kappa shape index (κ3) is 3.22. The van der Waals surface area contributed by atoms with E-state index in [-0.39, 0.29) is 11.4 Å². The highest BCUT2D eigenvalue weighted by molar-refractivity contribution is 6.03. The lowest BCUT2D eigenvalue weighted by Gasteiger charge is -2.10. The predicted molar refractivity (Wildman–Crippen MR) is 91.5 cm³/mol. The number of pyridine rings is 1. The molecule has 3 rings (SSSR count). The van der Waals surface area contributed by atoms with Gasteiger partial charge in [-0.05, 0) is 49.2 Å². The molecule has 0 bridgehead atoms. The number of nitrogens with zero attached hydrogens (tertiary/aromatic N) is 3. The van der Waals surface area contributed by atoms with Crippen LogP contribution < -0.4 is 10.9 Å². The Morgan fingerprint density at radius 3 is 2.38 bits per heavy atom. The van der Waals surface area contributed by atoms with E-state index in [1.807, 2.05) is 32.0 Å². The molecule has 6 nitrogen and oxygen atoms in total. The molecular formula is C18H16N4O2. The molecule has 6 heteroatoms. The van der Waals surface area contributed by atoms with E-state index in [9.17, 15) is 9.59 Å². The minimum Gasteiger partial charge on any atom is -0.302 e. The molecule has 0 aliphatic rings. The van der Waals surface area contributed by atoms with Crippen molar-refractivity contribution in [3.05, 3.63) is 82.2 Å². The van der Waals surface area contributed by atoms with Gasteiger partial charge < -0.3 is 5.32 Å². The van der Waals surface area contributed by atoms with Crippen molar-refractivity contribution in [2.45, 2.75) is 13.8 Å². The summed E-state index contributed by atoms with van der Waals surface area (Å²) in [4.78, 5) is 32.7. The maximum atomic E-state index is 12.6. The van der Waals surface area contributed by atoms with Crippen LogP contribution in [0.15, 0.2) is 59.9 Å². The van der Waals surface area contributed by atoms with Crippen molar-refractivity contribution in [3.63, 3.8) is 0 Å². The second kappa shape index (κ2) is 6.45. The zero-order chi connectivity index (χ0) is 17.1. The van der Waals surface area contributed by atoms with Crippen molar-refractivity contribution in [3.8, 4) is 5.69 Å². The van der Waals surface area contributed by atoms with Gasteiger partial charge in [-0.25, -0.2) is 4.98 Å². The Morgan fingerprint density at radius 1 is 1.04 bits per heavy atom. The van der Waals surface area contributed by atoms with Crippen molar-refractivity contribution in [2.75, 3.05) is 5.32 Å². The van der Waals surface area contributed by atoms with E-state index in [2.05, 4.69) is 15.3 Å². The minimum atomic E-state index is -0.403. The van der Waals surface area contributed by atoms with Crippen LogP contribution >= 0.6 is 0 Å². The van der Waals surface area contributed by atoms with Gasteiger partial charge in [-0.15, -0.1) is 0 Å². The van der Waals surface area contributed by atoms with E-state index in [1.54, 1.807) is 18.3 Å². The number of rotatable bonds is 3. The molecule has 1 N–H and O–H groups in total. The number of aromatic nitrogens is 3. The first-order valence-electron chi connectivity index (χ1n) is 7.42. The zero-order valence-corrected chi connectivity index (χ0v) is 13.4. The van der Waals surface area contributed by atoms with E-state index in [4.69, 9.17) is 0 Å². The van der Waals surface area contributed by atoms with Gasteiger partial charge in [0.15, 0.2) is 5.82 Å². The van der Waals surface area contributed by atoms with Crippen molar-refractivity contribution >= 4 is 11.7 Å². The van der Waals surface area contributed by atoms with Crippen LogP contribution in [0.5, 0.6) is 0 Å². The van der Waals surface area contributed by atoms with Gasteiger partial charge in [-0.1, -0.05) is 6.07 Å². The molecule has 0 saturated carbocycles. The Balaban J connectivity index is 1.97. The lowest BCUT2D eigenvalue weighted by atomic mass is 10.1. The fourth-order valence-electron chi connectivity index (χ4n) is 2.47. The molecule has 120 valence electrons. The summed E-state index contributed by atoms with van der Waals surface area (Å²) in [6.07, 6.45) is 6.10. The summed E-state index contributed by atoms with van der Waals surface area (Å²) in [6.45, 7) is 3.93. The largest absolute Gasteiger partial charge is 0.302 e. The maximum Gasteiger partial charge on any atom is 0.298 e. The van der Waals surface area contributed by atoms with Crippen LogP contribution in [0.4, 0.5) is 5.82 Å². The van der Waals surface area contributed by atoms with Crippen LogP contribution in [0.3, 0.4) is 0 Å². The average Bonchev–Trinajstić information content (AvgIpc) is 2.56. The summed E-state index contributed by atoms with van der Waals surface area (Å²) in [5.41, 5.74) is 2.87. The molecule has 0 aliphatic heterocycles. The fraction of sp³-hybridized carbons (Fsp3) is 0.111. The molecule has 2 heterocycles. The molecule has 3 aromatic rings. The van der Waals surface area contributed by atoms with Gasteiger partial charge >= 0.3 is 0 Å². The molecular weight excluding hydrogens is 304 g/mol. The van der Waals surface area contributed by atoms with Crippen molar-refractivity contribution in [1.82, 2.24) is 14.5 Å². The summed E-state index contributed by atoms with van der Waals surface area (Å²) in [6, 6.07) is 8.98. The smallest absolute Gasteiger partial charge is 0.298 e. The third-order valence-corrected chi connectivity index (χ3v) is 3.50.